The molecular weight excluding hydrogens is 242 g/mol. The van der Waals surface area contributed by atoms with E-state index in [0.29, 0.717) is 6.04 Å². The summed E-state index contributed by atoms with van der Waals surface area (Å²) in [6.45, 7) is 5.48. The molecule has 2 N–H and O–H groups in total. The second-order valence-electron chi connectivity index (χ2n) is 4.45. The number of thiazole rings is 1. The Labute approximate surface area is 107 Å². The zero-order chi connectivity index (χ0) is 10.7. The van der Waals surface area contributed by atoms with Crippen molar-refractivity contribution in [3.63, 3.8) is 0 Å². The molecular formula is C11H20ClN3S. The Morgan fingerprint density at radius 3 is 2.75 bits per heavy atom. The van der Waals surface area contributed by atoms with Crippen molar-refractivity contribution in [2.75, 3.05) is 13.1 Å². The van der Waals surface area contributed by atoms with Gasteiger partial charge in [-0.1, -0.05) is 0 Å². The standard InChI is InChI=1S/C11H19N3S.ClH/c1-9(12)10-2-4-14(5-3-10)6-11-7-15-8-13-11;/h7-10H,2-6,12H2,1H3;1H. The maximum Gasteiger partial charge on any atom is 0.0795 e. The highest BCUT2D eigenvalue weighted by molar-refractivity contribution is 7.07. The van der Waals surface area contributed by atoms with Crippen molar-refractivity contribution in [3.05, 3.63) is 16.6 Å². The van der Waals surface area contributed by atoms with Gasteiger partial charge in [0, 0.05) is 18.0 Å². The molecule has 5 heteroatoms. The van der Waals surface area contributed by atoms with Gasteiger partial charge in [0.1, 0.15) is 0 Å². The van der Waals surface area contributed by atoms with E-state index in [2.05, 4.69) is 22.2 Å². The summed E-state index contributed by atoms with van der Waals surface area (Å²) >= 11 is 1.68. The zero-order valence-corrected chi connectivity index (χ0v) is 11.3. The van der Waals surface area contributed by atoms with Crippen molar-refractivity contribution >= 4 is 23.7 Å². The van der Waals surface area contributed by atoms with Gasteiger partial charge in [0.15, 0.2) is 0 Å². The van der Waals surface area contributed by atoms with Crippen LogP contribution in [0.2, 0.25) is 0 Å². The van der Waals surface area contributed by atoms with Crippen LogP contribution in [0, 0.1) is 5.92 Å². The van der Waals surface area contributed by atoms with Crippen LogP contribution >= 0.6 is 23.7 Å². The monoisotopic (exact) mass is 261 g/mol. The van der Waals surface area contributed by atoms with Crippen LogP contribution in [0.15, 0.2) is 10.9 Å². The lowest BCUT2D eigenvalue weighted by Gasteiger charge is -2.33. The van der Waals surface area contributed by atoms with Gasteiger partial charge in [-0.25, -0.2) is 4.98 Å². The van der Waals surface area contributed by atoms with E-state index in [9.17, 15) is 0 Å². The number of piperidine rings is 1. The first-order valence-electron chi connectivity index (χ1n) is 5.60. The Kier molecular flexibility index (Phi) is 5.69. The van der Waals surface area contributed by atoms with Gasteiger partial charge in [0.05, 0.1) is 11.2 Å². The molecule has 1 aromatic rings. The fourth-order valence-electron chi connectivity index (χ4n) is 2.18. The van der Waals surface area contributed by atoms with E-state index in [-0.39, 0.29) is 12.4 Å². The van der Waals surface area contributed by atoms with Gasteiger partial charge in [-0.15, -0.1) is 23.7 Å². The SMILES string of the molecule is CC(N)C1CCN(Cc2cscn2)CC1.Cl. The second-order valence-corrected chi connectivity index (χ2v) is 5.17. The lowest BCUT2D eigenvalue weighted by Crippen LogP contribution is -2.39. The normalized spacial score (nSPS) is 20.4. The molecule has 0 aromatic carbocycles. The predicted octanol–water partition coefficient (Wildman–Crippen LogP) is 2.12. The predicted molar refractivity (Wildman–Crippen MR) is 71.0 cm³/mol. The molecule has 3 nitrogen and oxygen atoms in total. The molecule has 16 heavy (non-hydrogen) atoms. The minimum absolute atomic E-state index is 0. The molecule has 1 fully saturated rings. The highest BCUT2D eigenvalue weighted by Gasteiger charge is 2.21. The molecule has 1 aliphatic heterocycles. The average molecular weight is 262 g/mol. The van der Waals surface area contributed by atoms with Crippen molar-refractivity contribution in [3.8, 4) is 0 Å². The number of aromatic nitrogens is 1. The molecule has 1 aliphatic rings. The van der Waals surface area contributed by atoms with E-state index in [1.807, 2.05) is 5.51 Å². The van der Waals surface area contributed by atoms with Crippen molar-refractivity contribution in [2.45, 2.75) is 32.4 Å². The highest BCUT2D eigenvalue weighted by Crippen LogP contribution is 2.20. The lowest BCUT2D eigenvalue weighted by atomic mass is 9.91. The summed E-state index contributed by atoms with van der Waals surface area (Å²) in [5, 5.41) is 2.14. The van der Waals surface area contributed by atoms with Crippen LogP contribution in [0.1, 0.15) is 25.5 Å². The van der Waals surface area contributed by atoms with Crippen molar-refractivity contribution in [2.24, 2.45) is 11.7 Å². The molecule has 1 atom stereocenters. The van der Waals surface area contributed by atoms with Gasteiger partial charge in [-0.3, -0.25) is 4.90 Å². The van der Waals surface area contributed by atoms with Crippen LogP contribution in [-0.4, -0.2) is 29.0 Å². The molecule has 1 aromatic heterocycles. The summed E-state index contributed by atoms with van der Waals surface area (Å²) in [6.07, 6.45) is 2.48. The summed E-state index contributed by atoms with van der Waals surface area (Å²) in [5.41, 5.74) is 9.03. The number of halogens is 1. The topological polar surface area (TPSA) is 42.1 Å². The van der Waals surface area contributed by atoms with Crippen molar-refractivity contribution < 1.29 is 0 Å². The number of likely N-dealkylation sites (tertiary alicyclic amines) is 1. The first-order chi connectivity index (χ1) is 7.25. The van der Waals surface area contributed by atoms with Gasteiger partial charge >= 0.3 is 0 Å². The van der Waals surface area contributed by atoms with E-state index in [1.165, 1.54) is 31.6 Å². The third-order valence-corrected chi connectivity index (χ3v) is 3.88. The Morgan fingerprint density at radius 2 is 2.25 bits per heavy atom. The third kappa shape index (κ3) is 3.70. The van der Waals surface area contributed by atoms with E-state index in [1.54, 1.807) is 11.3 Å². The van der Waals surface area contributed by atoms with Gasteiger partial charge in [-0.2, -0.15) is 0 Å². The molecule has 0 amide bonds. The van der Waals surface area contributed by atoms with E-state index < -0.39 is 0 Å². The van der Waals surface area contributed by atoms with Crippen LogP contribution < -0.4 is 5.73 Å². The minimum Gasteiger partial charge on any atom is -0.328 e. The van der Waals surface area contributed by atoms with Gasteiger partial charge in [-0.05, 0) is 38.8 Å². The fourth-order valence-corrected chi connectivity index (χ4v) is 2.73. The van der Waals surface area contributed by atoms with E-state index in [4.69, 9.17) is 5.73 Å². The summed E-state index contributed by atoms with van der Waals surface area (Å²) in [6, 6.07) is 0.353. The van der Waals surface area contributed by atoms with Gasteiger partial charge < -0.3 is 5.73 Å². The summed E-state index contributed by atoms with van der Waals surface area (Å²) < 4.78 is 0. The largest absolute Gasteiger partial charge is 0.328 e. The van der Waals surface area contributed by atoms with Crippen molar-refractivity contribution in [1.82, 2.24) is 9.88 Å². The number of nitrogens with zero attached hydrogens (tertiary/aromatic N) is 2. The lowest BCUT2D eigenvalue weighted by molar-refractivity contribution is 0.164. The smallest absolute Gasteiger partial charge is 0.0795 e. The number of hydrogen-bond donors (Lipinski definition) is 1. The first-order valence-corrected chi connectivity index (χ1v) is 6.55. The molecule has 2 rings (SSSR count). The minimum atomic E-state index is 0. The van der Waals surface area contributed by atoms with Gasteiger partial charge in [0.2, 0.25) is 0 Å². The van der Waals surface area contributed by atoms with E-state index in [0.717, 1.165) is 12.5 Å². The number of nitrogens with two attached hydrogens (primary N) is 1. The van der Waals surface area contributed by atoms with Crippen LogP contribution in [0.4, 0.5) is 0 Å². The first kappa shape index (κ1) is 13.9. The van der Waals surface area contributed by atoms with Crippen LogP contribution in [0.25, 0.3) is 0 Å². The second kappa shape index (κ2) is 6.55. The average Bonchev–Trinajstić information content (AvgIpc) is 2.71. The zero-order valence-electron chi connectivity index (χ0n) is 9.63. The summed E-state index contributed by atoms with van der Waals surface area (Å²) in [7, 11) is 0. The highest BCUT2D eigenvalue weighted by atomic mass is 35.5. The molecule has 1 unspecified atom stereocenters. The number of rotatable bonds is 3. The molecule has 0 saturated carbocycles. The Bertz CT molecular complexity index is 281. The molecule has 92 valence electrons. The molecule has 0 radical (unpaired) electrons. The van der Waals surface area contributed by atoms with Crippen LogP contribution in [0.5, 0.6) is 0 Å². The molecule has 0 bridgehead atoms. The third-order valence-electron chi connectivity index (χ3n) is 3.24. The van der Waals surface area contributed by atoms with Gasteiger partial charge in [0.25, 0.3) is 0 Å². The Morgan fingerprint density at radius 1 is 1.56 bits per heavy atom. The van der Waals surface area contributed by atoms with E-state index >= 15 is 0 Å². The Balaban J connectivity index is 0.00000128. The molecule has 1 saturated heterocycles. The Hall–Kier alpha value is -0.160. The van der Waals surface area contributed by atoms with Crippen LogP contribution in [0.3, 0.4) is 0 Å². The number of hydrogen-bond acceptors (Lipinski definition) is 4. The maximum atomic E-state index is 5.92. The maximum absolute atomic E-state index is 5.92. The quantitative estimate of drug-likeness (QED) is 0.906. The fraction of sp³-hybridized carbons (Fsp3) is 0.727. The van der Waals surface area contributed by atoms with Crippen LogP contribution in [-0.2, 0) is 6.54 Å². The molecule has 0 aliphatic carbocycles. The molecule has 2 heterocycles. The van der Waals surface area contributed by atoms with Crippen molar-refractivity contribution in [1.29, 1.82) is 0 Å². The summed E-state index contributed by atoms with van der Waals surface area (Å²) in [5.74, 6) is 0.719. The molecule has 0 spiro atoms. The summed E-state index contributed by atoms with van der Waals surface area (Å²) in [4.78, 5) is 6.80.